The van der Waals surface area contributed by atoms with E-state index in [-0.39, 0.29) is 5.91 Å². The smallest absolute Gasteiger partial charge is 0.263 e. The number of hydrogen-bond acceptors (Lipinski definition) is 4. The topological polar surface area (TPSA) is 55.1 Å². The summed E-state index contributed by atoms with van der Waals surface area (Å²) in [7, 11) is 0. The highest BCUT2D eigenvalue weighted by Crippen LogP contribution is 2.34. The number of nitrogens with one attached hydrogen (secondary N) is 1. The van der Waals surface area contributed by atoms with E-state index in [1.54, 1.807) is 0 Å². The van der Waals surface area contributed by atoms with Gasteiger partial charge in [0.05, 0.1) is 5.69 Å². The third-order valence-corrected chi connectivity index (χ3v) is 5.28. The van der Waals surface area contributed by atoms with Crippen LogP contribution in [-0.4, -0.2) is 24.5 Å². The Labute approximate surface area is 134 Å². The Kier molecular flexibility index (Phi) is 5.94. The summed E-state index contributed by atoms with van der Waals surface area (Å²) >= 11 is 3.34. The van der Waals surface area contributed by atoms with E-state index in [1.165, 1.54) is 23.5 Å². The van der Waals surface area contributed by atoms with Gasteiger partial charge in [0.15, 0.2) is 0 Å². The van der Waals surface area contributed by atoms with E-state index >= 15 is 0 Å². The molecule has 3 N–H and O–H groups in total. The summed E-state index contributed by atoms with van der Waals surface area (Å²) < 4.78 is 1.07. The zero-order valence-corrected chi connectivity index (χ0v) is 14.2. The van der Waals surface area contributed by atoms with Crippen molar-refractivity contribution >= 4 is 44.8 Å². The van der Waals surface area contributed by atoms with E-state index in [2.05, 4.69) is 11.6 Å². The van der Waals surface area contributed by atoms with Gasteiger partial charge in [0.25, 0.3) is 5.91 Å². The van der Waals surface area contributed by atoms with Gasteiger partial charge < -0.3 is 11.1 Å². The quantitative estimate of drug-likeness (QED) is 0.756. The van der Waals surface area contributed by atoms with Crippen molar-refractivity contribution in [2.75, 3.05) is 24.3 Å². The molecule has 3 nitrogen and oxygen atoms in total. The Balaban J connectivity index is 1.95. The molecule has 0 fully saturated rings. The second-order valence-corrected chi connectivity index (χ2v) is 7.19. The van der Waals surface area contributed by atoms with E-state index in [0.29, 0.717) is 10.6 Å². The van der Waals surface area contributed by atoms with Crippen LogP contribution in [0.2, 0.25) is 0 Å². The fourth-order valence-electron chi connectivity index (χ4n) is 2.23. The standard InChI is InChI=1S/C16H22N2OS2/c1-11-6-7-13-12(10-11)14(17)15(21-13)16(19)18-8-4-3-5-9-20-2/h6-7,10H,3-5,8-9,17H2,1-2H3,(H,18,19). The van der Waals surface area contributed by atoms with Crippen molar-refractivity contribution in [1.29, 1.82) is 0 Å². The molecule has 0 aliphatic rings. The van der Waals surface area contributed by atoms with Gasteiger partial charge in [-0.05, 0) is 43.9 Å². The zero-order valence-electron chi connectivity index (χ0n) is 12.6. The molecule has 2 aromatic rings. The van der Waals surface area contributed by atoms with Crippen molar-refractivity contribution < 1.29 is 4.79 Å². The molecule has 1 amide bonds. The van der Waals surface area contributed by atoms with Crippen LogP contribution >= 0.6 is 23.1 Å². The first-order chi connectivity index (χ1) is 10.1. The summed E-state index contributed by atoms with van der Waals surface area (Å²) in [6.45, 7) is 2.75. The summed E-state index contributed by atoms with van der Waals surface area (Å²) in [4.78, 5) is 12.9. The number of amides is 1. The maximum absolute atomic E-state index is 12.2. The Hall–Kier alpha value is -1.20. The number of anilines is 1. The molecule has 0 bridgehead atoms. The van der Waals surface area contributed by atoms with Crippen LogP contribution in [-0.2, 0) is 0 Å². The lowest BCUT2D eigenvalue weighted by Gasteiger charge is -2.04. The average Bonchev–Trinajstić information content (AvgIpc) is 2.79. The number of thiophene rings is 1. The van der Waals surface area contributed by atoms with Gasteiger partial charge in [0, 0.05) is 16.6 Å². The minimum atomic E-state index is -0.0452. The predicted molar refractivity (Wildman–Crippen MR) is 95.5 cm³/mol. The molecular weight excluding hydrogens is 300 g/mol. The van der Waals surface area contributed by atoms with Gasteiger partial charge >= 0.3 is 0 Å². The minimum absolute atomic E-state index is 0.0452. The highest BCUT2D eigenvalue weighted by Gasteiger charge is 2.15. The minimum Gasteiger partial charge on any atom is -0.397 e. The van der Waals surface area contributed by atoms with Crippen LogP contribution < -0.4 is 11.1 Å². The highest BCUT2D eigenvalue weighted by molar-refractivity contribution is 7.98. The lowest BCUT2D eigenvalue weighted by molar-refractivity contribution is 0.0958. The molecular formula is C16H22N2OS2. The fourth-order valence-corrected chi connectivity index (χ4v) is 3.74. The van der Waals surface area contributed by atoms with Gasteiger partial charge in [0.1, 0.15) is 4.88 Å². The number of fused-ring (bicyclic) bond motifs is 1. The van der Waals surface area contributed by atoms with Crippen LogP contribution in [0.1, 0.15) is 34.5 Å². The molecule has 114 valence electrons. The highest BCUT2D eigenvalue weighted by atomic mass is 32.2. The van der Waals surface area contributed by atoms with Crippen molar-refractivity contribution in [2.45, 2.75) is 26.2 Å². The third-order valence-electron chi connectivity index (χ3n) is 3.40. The summed E-state index contributed by atoms with van der Waals surface area (Å²) in [6, 6.07) is 6.12. The summed E-state index contributed by atoms with van der Waals surface area (Å²) in [5.41, 5.74) is 7.90. The predicted octanol–water partition coefficient (Wildman–Crippen LogP) is 4.06. The molecule has 0 saturated carbocycles. The number of hydrogen-bond donors (Lipinski definition) is 2. The van der Waals surface area contributed by atoms with Gasteiger partial charge in [0.2, 0.25) is 0 Å². The van der Waals surface area contributed by atoms with E-state index in [4.69, 9.17) is 5.73 Å². The lowest BCUT2D eigenvalue weighted by Crippen LogP contribution is -2.24. The van der Waals surface area contributed by atoms with Gasteiger partial charge in [-0.2, -0.15) is 11.8 Å². The number of rotatable bonds is 7. The van der Waals surface area contributed by atoms with Crippen LogP contribution in [0.5, 0.6) is 0 Å². The summed E-state index contributed by atoms with van der Waals surface area (Å²) in [6.07, 6.45) is 5.51. The molecule has 21 heavy (non-hydrogen) atoms. The van der Waals surface area contributed by atoms with Crippen LogP contribution in [0.15, 0.2) is 18.2 Å². The second-order valence-electron chi connectivity index (χ2n) is 5.15. The summed E-state index contributed by atoms with van der Waals surface area (Å²) in [5.74, 6) is 1.15. The van der Waals surface area contributed by atoms with Gasteiger partial charge in [-0.25, -0.2) is 0 Å². The number of thioether (sulfide) groups is 1. The molecule has 1 heterocycles. The molecule has 1 aromatic heterocycles. The van der Waals surface area contributed by atoms with E-state index in [9.17, 15) is 4.79 Å². The molecule has 0 spiro atoms. The Bertz CT molecular complexity index is 622. The number of benzene rings is 1. The molecule has 1 aromatic carbocycles. The van der Waals surface area contributed by atoms with Crippen molar-refractivity contribution in [2.24, 2.45) is 0 Å². The summed E-state index contributed by atoms with van der Waals surface area (Å²) in [5, 5.41) is 3.97. The monoisotopic (exact) mass is 322 g/mol. The first-order valence-electron chi connectivity index (χ1n) is 7.19. The lowest BCUT2D eigenvalue weighted by atomic mass is 10.1. The molecule has 0 saturated heterocycles. The van der Waals surface area contributed by atoms with Crippen LogP contribution in [0.3, 0.4) is 0 Å². The number of carbonyl (C=O) groups is 1. The van der Waals surface area contributed by atoms with E-state index in [1.807, 2.05) is 36.9 Å². The van der Waals surface area contributed by atoms with Crippen LogP contribution in [0.25, 0.3) is 10.1 Å². The molecule has 0 aliphatic heterocycles. The third kappa shape index (κ3) is 4.14. The molecule has 0 atom stereocenters. The molecule has 0 aliphatic carbocycles. The number of unbranched alkanes of at least 4 members (excludes halogenated alkanes) is 2. The van der Waals surface area contributed by atoms with Gasteiger partial charge in [-0.15, -0.1) is 11.3 Å². The number of carbonyl (C=O) groups excluding carboxylic acids is 1. The van der Waals surface area contributed by atoms with Crippen molar-refractivity contribution in [3.05, 3.63) is 28.6 Å². The number of nitrogens with two attached hydrogens (primary N) is 1. The van der Waals surface area contributed by atoms with Crippen molar-refractivity contribution in [3.63, 3.8) is 0 Å². The van der Waals surface area contributed by atoms with Gasteiger partial charge in [-0.1, -0.05) is 18.1 Å². The Morgan fingerprint density at radius 1 is 1.33 bits per heavy atom. The average molecular weight is 322 g/mol. The van der Waals surface area contributed by atoms with E-state index < -0.39 is 0 Å². The maximum atomic E-state index is 12.2. The Morgan fingerprint density at radius 2 is 2.14 bits per heavy atom. The molecule has 0 unspecified atom stereocenters. The molecule has 2 rings (SSSR count). The SMILES string of the molecule is CSCCCCCNC(=O)c1sc2ccc(C)cc2c1N. The van der Waals surface area contributed by atoms with Crippen LogP contribution in [0.4, 0.5) is 5.69 Å². The van der Waals surface area contributed by atoms with Crippen molar-refractivity contribution in [3.8, 4) is 0 Å². The molecule has 5 heteroatoms. The second kappa shape index (κ2) is 7.71. The van der Waals surface area contributed by atoms with Crippen molar-refractivity contribution in [1.82, 2.24) is 5.32 Å². The fraction of sp³-hybridized carbons (Fsp3) is 0.438. The maximum Gasteiger partial charge on any atom is 0.263 e. The normalized spacial score (nSPS) is 11.0. The van der Waals surface area contributed by atoms with Gasteiger partial charge in [-0.3, -0.25) is 4.79 Å². The van der Waals surface area contributed by atoms with E-state index in [0.717, 1.165) is 35.0 Å². The molecule has 0 radical (unpaired) electrons. The first-order valence-corrected chi connectivity index (χ1v) is 9.40. The number of nitrogen functional groups attached to an aromatic ring is 1. The largest absolute Gasteiger partial charge is 0.397 e. The zero-order chi connectivity index (χ0) is 15.2. The Morgan fingerprint density at radius 3 is 2.90 bits per heavy atom. The van der Waals surface area contributed by atoms with Crippen LogP contribution in [0, 0.1) is 6.92 Å². The first kappa shape index (κ1) is 16.2. The number of aryl methyl sites for hydroxylation is 1.